The van der Waals surface area contributed by atoms with Gasteiger partial charge >= 0.3 is 16.3 Å². The monoisotopic (exact) mass is 223 g/mol. The topological polar surface area (TPSA) is 96.5 Å². The van der Waals surface area contributed by atoms with E-state index in [0.29, 0.717) is 13.1 Å². The van der Waals surface area contributed by atoms with Crippen LogP contribution < -0.4 is 14.8 Å². The zero-order valence-electron chi connectivity index (χ0n) is 7.74. The van der Waals surface area contributed by atoms with Gasteiger partial charge in [0.25, 0.3) is 0 Å². The van der Waals surface area contributed by atoms with E-state index >= 15 is 0 Å². The lowest BCUT2D eigenvalue weighted by Gasteiger charge is -2.27. The molecular formula is C6H13N3O4S. The van der Waals surface area contributed by atoms with E-state index < -0.39 is 16.3 Å². The Bertz CT molecular complexity index is 298. The predicted octanol–water partition coefficient (Wildman–Crippen LogP) is -1.46. The molecular weight excluding hydrogens is 210 g/mol. The van der Waals surface area contributed by atoms with Gasteiger partial charge in [-0.05, 0) is 6.92 Å². The number of carbonyl (C=O) groups excluding carboxylic acids is 1. The molecule has 0 unspecified atom stereocenters. The zero-order chi connectivity index (χ0) is 10.6. The van der Waals surface area contributed by atoms with Crippen LogP contribution in [-0.4, -0.2) is 40.2 Å². The molecule has 0 aromatic carbocycles. The molecule has 0 radical (unpaired) electrons. The molecule has 0 bridgehead atoms. The molecule has 1 amide bonds. The molecule has 1 fully saturated rings. The first-order valence-corrected chi connectivity index (χ1v) is 5.69. The van der Waals surface area contributed by atoms with Crippen molar-refractivity contribution in [2.45, 2.75) is 13.0 Å². The Hall–Kier alpha value is -0.860. The second-order valence-corrected chi connectivity index (χ2v) is 4.25. The minimum atomic E-state index is -3.78. The quantitative estimate of drug-likeness (QED) is 0.541. The largest absolute Gasteiger partial charge is 0.449 e. The summed E-state index contributed by atoms with van der Waals surface area (Å²) in [7, 11) is -3.78. The molecule has 8 heteroatoms. The highest BCUT2D eigenvalue weighted by Gasteiger charge is 2.24. The van der Waals surface area contributed by atoms with Crippen LogP contribution in [0.15, 0.2) is 0 Å². The Balaban J connectivity index is 2.36. The second-order valence-electron chi connectivity index (χ2n) is 2.80. The molecule has 0 spiro atoms. The molecule has 1 aliphatic heterocycles. The van der Waals surface area contributed by atoms with Crippen LogP contribution in [0.2, 0.25) is 0 Å². The van der Waals surface area contributed by atoms with Gasteiger partial charge in [0.1, 0.15) is 0 Å². The maximum atomic E-state index is 11.2. The van der Waals surface area contributed by atoms with Crippen molar-refractivity contribution < 1.29 is 17.9 Å². The standard InChI is InChI=1S/C6H13N3O4S/c1-2-13-6(10)9-14(11,12)8-5-3-7-4-5/h5,7-8H,2-4H2,1H3,(H,9,10). The van der Waals surface area contributed by atoms with Gasteiger partial charge < -0.3 is 10.1 Å². The van der Waals surface area contributed by atoms with Crippen molar-refractivity contribution >= 4 is 16.3 Å². The third-order valence-electron chi connectivity index (χ3n) is 1.60. The molecule has 0 aromatic heterocycles. The van der Waals surface area contributed by atoms with Crippen LogP contribution in [0.4, 0.5) is 4.79 Å². The number of hydrogen-bond donors (Lipinski definition) is 3. The molecule has 3 N–H and O–H groups in total. The molecule has 1 rings (SSSR count). The summed E-state index contributed by atoms with van der Waals surface area (Å²) in [5.41, 5.74) is 0. The number of nitrogens with one attached hydrogen (secondary N) is 3. The molecule has 1 heterocycles. The van der Waals surface area contributed by atoms with Gasteiger partial charge in [-0.2, -0.15) is 13.1 Å². The summed E-state index contributed by atoms with van der Waals surface area (Å²) < 4.78 is 30.8. The number of amides is 1. The Morgan fingerprint density at radius 1 is 1.57 bits per heavy atom. The van der Waals surface area contributed by atoms with Crippen molar-refractivity contribution in [1.29, 1.82) is 0 Å². The average Bonchev–Trinajstić information content (AvgIpc) is 1.96. The highest BCUT2D eigenvalue weighted by molar-refractivity contribution is 7.88. The highest BCUT2D eigenvalue weighted by Crippen LogP contribution is 1.93. The minimum absolute atomic E-state index is 0.131. The van der Waals surface area contributed by atoms with E-state index in [1.54, 1.807) is 11.6 Å². The summed E-state index contributed by atoms with van der Waals surface area (Å²) in [5.74, 6) is 0. The lowest BCUT2D eigenvalue weighted by atomic mass is 10.2. The molecule has 0 aromatic rings. The average molecular weight is 223 g/mol. The fourth-order valence-corrected chi connectivity index (χ4v) is 1.83. The van der Waals surface area contributed by atoms with Crippen LogP contribution in [0.5, 0.6) is 0 Å². The van der Waals surface area contributed by atoms with Gasteiger partial charge in [-0.15, -0.1) is 0 Å². The van der Waals surface area contributed by atoms with E-state index in [2.05, 4.69) is 14.8 Å². The number of carbonyl (C=O) groups is 1. The van der Waals surface area contributed by atoms with Crippen LogP contribution in [0, 0.1) is 0 Å². The highest BCUT2D eigenvalue weighted by atomic mass is 32.2. The Morgan fingerprint density at radius 2 is 2.21 bits per heavy atom. The van der Waals surface area contributed by atoms with Crippen molar-refractivity contribution in [3.8, 4) is 0 Å². The second kappa shape index (κ2) is 4.58. The molecule has 7 nitrogen and oxygen atoms in total. The van der Waals surface area contributed by atoms with E-state index in [1.165, 1.54) is 0 Å². The first kappa shape index (κ1) is 11.2. The van der Waals surface area contributed by atoms with Crippen LogP contribution in [-0.2, 0) is 14.9 Å². The fourth-order valence-electron chi connectivity index (χ4n) is 0.891. The zero-order valence-corrected chi connectivity index (χ0v) is 8.56. The molecule has 82 valence electrons. The molecule has 1 aliphatic rings. The van der Waals surface area contributed by atoms with Crippen molar-refractivity contribution in [2.75, 3.05) is 19.7 Å². The normalized spacial score (nSPS) is 17.2. The molecule has 0 aliphatic carbocycles. The third kappa shape index (κ3) is 3.48. The minimum Gasteiger partial charge on any atom is -0.449 e. The van der Waals surface area contributed by atoms with Gasteiger partial charge in [0.2, 0.25) is 0 Å². The lowest BCUT2D eigenvalue weighted by Crippen LogP contribution is -2.59. The van der Waals surface area contributed by atoms with Crippen LogP contribution in [0.1, 0.15) is 6.92 Å². The maximum Gasteiger partial charge on any atom is 0.421 e. The van der Waals surface area contributed by atoms with Gasteiger partial charge in [-0.25, -0.2) is 9.52 Å². The third-order valence-corrected chi connectivity index (χ3v) is 2.68. The first-order valence-electron chi connectivity index (χ1n) is 4.21. The van der Waals surface area contributed by atoms with Gasteiger partial charge in [0.15, 0.2) is 0 Å². The molecule has 1 saturated heterocycles. The Labute approximate surface area is 82.4 Å². The molecule has 14 heavy (non-hydrogen) atoms. The Morgan fingerprint density at radius 3 is 2.64 bits per heavy atom. The van der Waals surface area contributed by atoms with E-state index in [1.807, 2.05) is 0 Å². The summed E-state index contributed by atoms with van der Waals surface area (Å²) in [6.07, 6.45) is -0.965. The summed E-state index contributed by atoms with van der Waals surface area (Å²) in [6, 6.07) is -0.151. The lowest BCUT2D eigenvalue weighted by molar-refractivity contribution is 0.158. The summed E-state index contributed by atoms with van der Waals surface area (Å²) in [6.45, 7) is 2.87. The molecule has 0 atom stereocenters. The van der Waals surface area contributed by atoms with Crippen molar-refractivity contribution in [1.82, 2.24) is 14.8 Å². The van der Waals surface area contributed by atoms with E-state index in [4.69, 9.17) is 0 Å². The van der Waals surface area contributed by atoms with Crippen molar-refractivity contribution in [2.24, 2.45) is 0 Å². The Kier molecular flexibility index (Phi) is 3.67. The summed E-state index contributed by atoms with van der Waals surface area (Å²) in [5, 5.41) is 2.89. The van der Waals surface area contributed by atoms with Gasteiger partial charge in [0.05, 0.1) is 6.61 Å². The SMILES string of the molecule is CCOC(=O)NS(=O)(=O)NC1CNC1. The fraction of sp³-hybridized carbons (Fsp3) is 0.833. The number of hydrogen-bond acceptors (Lipinski definition) is 5. The van der Waals surface area contributed by atoms with Crippen LogP contribution in [0.25, 0.3) is 0 Å². The van der Waals surface area contributed by atoms with Crippen LogP contribution in [0.3, 0.4) is 0 Å². The smallest absolute Gasteiger partial charge is 0.421 e. The van der Waals surface area contributed by atoms with Crippen molar-refractivity contribution in [3.63, 3.8) is 0 Å². The number of rotatable bonds is 4. The van der Waals surface area contributed by atoms with Crippen LogP contribution >= 0.6 is 0 Å². The summed E-state index contributed by atoms with van der Waals surface area (Å²) in [4.78, 5) is 10.8. The van der Waals surface area contributed by atoms with Crippen molar-refractivity contribution in [3.05, 3.63) is 0 Å². The van der Waals surface area contributed by atoms with E-state index in [0.717, 1.165) is 0 Å². The van der Waals surface area contributed by atoms with E-state index in [-0.39, 0.29) is 12.6 Å². The summed E-state index contributed by atoms with van der Waals surface area (Å²) >= 11 is 0. The number of ether oxygens (including phenoxy) is 1. The van der Waals surface area contributed by atoms with E-state index in [9.17, 15) is 13.2 Å². The first-order chi connectivity index (χ1) is 6.53. The molecule has 0 saturated carbocycles. The van der Waals surface area contributed by atoms with Gasteiger partial charge in [-0.3, -0.25) is 0 Å². The van der Waals surface area contributed by atoms with Gasteiger partial charge in [0, 0.05) is 19.1 Å². The predicted molar refractivity (Wildman–Crippen MR) is 48.9 cm³/mol. The van der Waals surface area contributed by atoms with Gasteiger partial charge in [-0.1, -0.05) is 0 Å². The maximum absolute atomic E-state index is 11.2.